The van der Waals surface area contributed by atoms with Crippen LogP contribution in [0.25, 0.3) is 0 Å². The number of amides is 1. The fourth-order valence-electron chi connectivity index (χ4n) is 3.22. The summed E-state index contributed by atoms with van der Waals surface area (Å²) in [5.41, 5.74) is 3.65. The van der Waals surface area contributed by atoms with Crippen LogP contribution in [0.5, 0.6) is 0 Å². The number of hydrogen-bond donors (Lipinski definition) is 3. The zero-order valence-corrected chi connectivity index (χ0v) is 11.4. The standard InChI is InChI=1S/C13H17N5O3/c14-16-8-4-9(6-10(5-8)18(20)21)17-3-1-2-11-12(17)7-15-13(11)19/h4-6,11-12,16H,1-3,7,14H2,(H,15,19). The number of hydrogen-bond acceptors (Lipinski definition) is 6. The highest BCUT2D eigenvalue weighted by Crippen LogP contribution is 2.34. The molecule has 8 heteroatoms. The molecule has 0 saturated carbocycles. The minimum Gasteiger partial charge on any atom is -0.366 e. The second kappa shape index (κ2) is 5.21. The van der Waals surface area contributed by atoms with Gasteiger partial charge in [0, 0.05) is 30.9 Å². The van der Waals surface area contributed by atoms with E-state index in [-0.39, 0.29) is 23.6 Å². The van der Waals surface area contributed by atoms with Crippen molar-refractivity contribution in [1.29, 1.82) is 0 Å². The van der Waals surface area contributed by atoms with Crippen molar-refractivity contribution in [2.24, 2.45) is 11.8 Å². The second-order valence-electron chi connectivity index (χ2n) is 5.39. The molecule has 8 nitrogen and oxygen atoms in total. The van der Waals surface area contributed by atoms with E-state index in [0.29, 0.717) is 12.2 Å². The van der Waals surface area contributed by atoms with Gasteiger partial charge in [-0.05, 0) is 18.9 Å². The van der Waals surface area contributed by atoms with Crippen molar-refractivity contribution < 1.29 is 9.72 Å². The van der Waals surface area contributed by atoms with Crippen LogP contribution in [-0.2, 0) is 4.79 Å². The van der Waals surface area contributed by atoms with E-state index in [4.69, 9.17) is 5.84 Å². The fraction of sp³-hybridized carbons (Fsp3) is 0.462. The average Bonchev–Trinajstić information content (AvgIpc) is 2.88. The molecule has 0 spiro atoms. The zero-order chi connectivity index (χ0) is 15.0. The van der Waals surface area contributed by atoms with Gasteiger partial charge in [-0.2, -0.15) is 0 Å². The van der Waals surface area contributed by atoms with Gasteiger partial charge in [0.25, 0.3) is 5.69 Å². The number of nitro groups is 1. The molecule has 0 bridgehead atoms. The Morgan fingerprint density at radius 1 is 1.43 bits per heavy atom. The summed E-state index contributed by atoms with van der Waals surface area (Å²) < 4.78 is 0. The molecule has 0 radical (unpaired) electrons. The van der Waals surface area contributed by atoms with E-state index in [1.54, 1.807) is 6.07 Å². The number of non-ortho nitro benzene ring substituents is 1. The molecule has 4 N–H and O–H groups in total. The molecule has 2 unspecified atom stereocenters. The van der Waals surface area contributed by atoms with Gasteiger partial charge in [0.1, 0.15) is 0 Å². The van der Waals surface area contributed by atoms with Gasteiger partial charge in [-0.3, -0.25) is 20.8 Å². The maximum Gasteiger partial charge on any atom is 0.273 e. The summed E-state index contributed by atoms with van der Waals surface area (Å²) in [5, 5.41) is 13.9. The number of anilines is 2. The predicted molar refractivity (Wildman–Crippen MR) is 77.8 cm³/mol. The summed E-state index contributed by atoms with van der Waals surface area (Å²) >= 11 is 0. The van der Waals surface area contributed by atoms with Gasteiger partial charge in [-0.25, -0.2) is 0 Å². The topological polar surface area (TPSA) is 114 Å². The Bertz CT molecular complexity index is 591. The maximum absolute atomic E-state index is 11.8. The molecule has 0 aromatic heterocycles. The first-order chi connectivity index (χ1) is 10.1. The molecule has 112 valence electrons. The highest BCUT2D eigenvalue weighted by Gasteiger charge is 2.41. The number of nitrogens with one attached hydrogen (secondary N) is 2. The molecule has 1 aromatic carbocycles. The van der Waals surface area contributed by atoms with Gasteiger partial charge in [-0.1, -0.05) is 0 Å². The number of benzene rings is 1. The summed E-state index contributed by atoms with van der Waals surface area (Å²) in [6.07, 6.45) is 1.76. The Kier molecular flexibility index (Phi) is 3.38. The number of nitrogen functional groups attached to an aromatic ring is 1. The number of rotatable bonds is 3. The smallest absolute Gasteiger partial charge is 0.273 e. The van der Waals surface area contributed by atoms with Crippen LogP contribution >= 0.6 is 0 Å². The minimum atomic E-state index is -0.441. The molecule has 2 heterocycles. The van der Waals surface area contributed by atoms with E-state index >= 15 is 0 Å². The Morgan fingerprint density at radius 3 is 2.95 bits per heavy atom. The SMILES string of the molecule is NNc1cc(N2CCCC3C(=O)NCC32)cc([N+](=O)[O-])c1. The van der Waals surface area contributed by atoms with E-state index in [9.17, 15) is 14.9 Å². The molecular formula is C13H17N5O3. The normalized spacial score (nSPS) is 24.4. The molecule has 2 atom stereocenters. The minimum absolute atomic E-state index is 0.0140. The third-order valence-electron chi connectivity index (χ3n) is 4.21. The van der Waals surface area contributed by atoms with Crippen LogP contribution in [0.1, 0.15) is 12.8 Å². The van der Waals surface area contributed by atoms with Gasteiger partial charge < -0.3 is 15.6 Å². The lowest BCUT2D eigenvalue weighted by Crippen LogP contribution is -2.45. The molecule has 21 heavy (non-hydrogen) atoms. The number of hydrazine groups is 1. The quantitative estimate of drug-likeness (QED) is 0.427. The van der Waals surface area contributed by atoms with Crippen LogP contribution in [0.2, 0.25) is 0 Å². The van der Waals surface area contributed by atoms with Crippen LogP contribution in [0.15, 0.2) is 18.2 Å². The van der Waals surface area contributed by atoms with Gasteiger partial charge >= 0.3 is 0 Å². The van der Waals surface area contributed by atoms with E-state index in [1.165, 1.54) is 12.1 Å². The van der Waals surface area contributed by atoms with Gasteiger partial charge in [0.2, 0.25) is 5.91 Å². The van der Waals surface area contributed by atoms with Crippen molar-refractivity contribution in [1.82, 2.24) is 5.32 Å². The van der Waals surface area contributed by atoms with E-state index < -0.39 is 4.92 Å². The molecule has 2 saturated heterocycles. The van der Waals surface area contributed by atoms with Gasteiger partial charge in [0.15, 0.2) is 0 Å². The largest absolute Gasteiger partial charge is 0.366 e. The number of nitrogens with zero attached hydrogens (tertiary/aromatic N) is 2. The summed E-state index contributed by atoms with van der Waals surface area (Å²) in [4.78, 5) is 24.5. The van der Waals surface area contributed by atoms with Crippen LogP contribution < -0.4 is 21.5 Å². The molecule has 2 fully saturated rings. The molecule has 1 amide bonds. The molecule has 2 aliphatic rings. The zero-order valence-electron chi connectivity index (χ0n) is 11.4. The summed E-state index contributed by atoms with van der Waals surface area (Å²) in [5.74, 6) is 5.43. The van der Waals surface area contributed by atoms with Crippen LogP contribution in [0, 0.1) is 16.0 Å². The maximum atomic E-state index is 11.8. The Balaban J connectivity index is 1.97. The second-order valence-corrected chi connectivity index (χ2v) is 5.39. The van der Waals surface area contributed by atoms with Gasteiger partial charge in [0.05, 0.1) is 22.6 Å². The summed E-state index contributed by atoms with van der Waals surface area (Å²) in [7, 11) is 0. The van der Waals surface area contributed by atoms with Crippen molar-refractivity contribution in [3.63, 3.8) is 0 Å². The molecule has 3 rings (SSSR count). The Labute approximate surface area is 121 Å². The van der Waals surface area contributed by atoms with Crippen molar-refractivity contribution in [2.75, 3.05) is 23.4 Å². The number of nitro benzene ring substituents is 1. The van der Waals surface area contributed by atoms with Crippen molar-refractivity contribution >= 4 is 23.0 Å². The number of carbonyl (C=O) groups excluding carboxylic acids is 1. The fourth-order valence-corrected chi connectivity index (χ4v) is 3.22. The first-order valence-corrected chi connectivity index (χ1v) is 6.90. The van der Waals surface area contributed by atoms with Crippen LogP contribution in [-0.4, -0.2) is 30.0 Å². The van der Waals surface area contributed by atoms with Crippen LogP contribution in [0.4, 0.5) is 17.1 Å². The third-order valence-corrected chi connectivity index (χ3v) is 4.21. The lowest BCUT2D eigenvalue weighted by atomic mass is 9.91. The van der Waals surface area contributed by atoms with E-state index in [0.717, 1.165) is 25.1 Å². The van der Waals surface area contributed by atoms with E-state index in [2.05, 4.69) is 15.6 Å². The van der Waals surface area contributed by atoms with Crippen molar-refractivity contribution in [3.8, 4) is 0 Å². The highest BCUT2D eigenvalue weighted by molar-refractivity contribution is 5.83. The van der Waals surface area contributed by atoms with Crippen molar-refractivity contribution in [2.45, 2.75) is 18.9 Å². The Morgan fingerprint density at radius 2 is 2.24 bits per heavy atom. The first kappa shape index (κ1) is 13.6. The molecule has 0 aliphatic carbocycles. The molecule has 2 aliphatic heterocycles. The van der Waals surface area contributed by atoms with Crippen molar-refractivity contribution in [3.05, 3.63) is 28.3 Å². The number of nitrogens with two attached hydrogens (primary N) is 1. The monoisotopic (exact) mass is 291 g/mol. The number of carbonyl (C=O) groups is 1. The summed E-state index contributed by atoms with van der Waals surface area (Å²) in [6.45, 7) is 1.36. The Hall–Kier alpha value is -2.35. The molecule has 1 aromatic rings. The highest BCUT2D eigenvalue weighted by atomic mass is 16.6. The summed E-state index contributed by atoms with van der Waals surface area (Å²) in [6, 6.07) is 4.76. The predicted octanol–water partition coefficient (Wildman–Crippen LogP) is 0.595. The van der Waals surface area contributed by atoms with Gasteiger partial charge in [-0.15, -0.1) is 0 Å². The van der Waals surface area contributed by atoms with E-state index in [1.807, 2.05) is 0 Å². The average molecular weight is 291 g/mol. The number of piperidine rings is 1. The third kappa shape index (κ3) is 2.38. The molecular weight excluding hydrogens is 274 g/mol. The lowest BCUT2D eigenvalue weighted by Gasteiger charge is -2.37. The lowest BCUT2D eigenvalue weighted by molar-refractivity contribution is -0.384. The van der Waals surface area contributed by atoms with Crippen LogP contribution in [0.3, 0.4) is 0 Å². The number of fused-ring (bicyclic) bond motifs is 1. The first-order valence-electron chi connectivity index (χ1n) is 6.90.